The van der Waals surface area contributed by atoms with Crippen molar-refractivity contribution in [3.63, 3.8) is 0 Å². The summed E-state index contributed by atoms with van der Waals surface area (Å²) >= 11 is 6.12. The van der Waals surface area contributed by atoms with Gasteiger partial charge in [0, 0.05) is 34.8 Å². The summed E-state index contributed by atoms with van der Waals surface area (Å²) in [5.41, 5.74) is 1.23. The zero-order valence-corrected chi connectivity index (χ0v) is 16.4. The monoisotopic (exact) mass is 402 g/mol. The fourth-order valence-corrected chi connectivity index (χ4v) is 3.55. The molecule has 1 aliphatic heterocycles. The highest BCUT2D eigenvalue weighted by molar-refractivity contribution is 6.31. The van der Waals surface area contributed by atoms with Gasteiger partial charge in [-0.1, -0.05) is 36.4 Å². The molecule has 148 valence electrons. The van der Waals surface area contributed by atoms with Crippen LogP contribution >= 0.6 is 11.6 Å². The first kappa shape index (κ1) is 20.4. The molecule has 0 radical (unpaired) electrons. The fraction of sp³-hybridized carbons (Fsp3) is 0.318. The van der Waals surface area contributed by atoms with Gasteiger partial charge in [0.2, 0.25) is 5.91 Å². The summed E-state index contributed by atoms with van der Waals surface area (Å²) < 4.78 is 19.5. The molecule has 2 aromatic carbocycles. The van der Waals surface area contributed by atoms with Crippen LogP contribution < -0.4 is 10.1 Å². The lowest BCUT2D eigenvalue weighted by molar-refractivity contribution is -0.121. The van der Waals surface area contributed by atoms with E-state index in [1.54, 1.807) is 24.3 Å². The zero-order chi connectivity index (χ0) is 19.9. The Hall–Kier alpha value is -2.37. The summed E-state index contributed by atoms with van der Waals surface area (Å²) in [6.45, 7) is 5.96. The lowest BCUT2D eigenvalue weighted by Crippen LogP contribution is -2.38. The van der Waals surface area contributed by atoms with Crippen molar-refractivity contribution in [2.75, 3.05) is 25.0 Å². The number of halogens is 2. The number of nitrogens with zero attached hydrogens (tertiary/aromatic N) is 1. The molecule has 1 saturated heterocycles. The Morgan fingerprint density at radius 3 is 2.75 bits per heavy atom. The normalized spacial score (nSPS) is 15.2. The molecule has 2 aromatic rings. The van der Waals surface area contributed by atoms with Crippen LogP contribution in [0.1, 0.15) is 18.4 Å². The van der Waals surface area contributed by atoms with Crippen molar-refractivity contribution < 1.29 is 13.9 Å². The number of ether oxygens (including phenoxy) is 1. The van der Waals surface area contributed by atoms with E-state index in [-0.39, 0.29) is 17.6 Å². The SMILES string of the molecule is C=CCOc1cccc(NC(=O)C2CCN(Cc3c(F)cccc3Cl)CC2)c1. The maximum absolute atomic E-state index is 14.0. The third kappa shape index (κ3) is 5.33. The molecule has 1 heterocycles. The standard InChI is InChI=1S/C22H24ClFN2O2/c1-2-13-28-18-6-3-5-17(14-18)25-22(27)16-9-11-26(12-10-16)15-19-20(23)7-4-8-21(19)24/h2-8,14,16H,1,9-13,15H2,(H,25,27). The van der Waals surface area contributed by atoms with Gasteiger partial charge in [-0.25, -0.2) is 4.39 Å². The number of benzene rings is 2. The van der Waals surface area contributed by atoms with Crippen molar-refractivity contribution in [2.45, 2.75) is 19.4 Å². The second-order valence-electron chi connectivity index (χ2n) is 6.87. The van der Waals surface area contributed by atoms with Crippen molar-refractivity contribution in [1.82, 2.24) is 4.90 Å². The molecule has 4 nitrogen and oxygen atoms in total. The maximum Gasteiger partial charge on any atom is 0.227 e. The summed E-state index contributed by atoms with van der Waals surface area (Å²) in [6.07, 6.45) is 3.13. The van der Waals surface area contributed by atoms with Crippen LogP contribution in [-0.4, -0.2) is 30.5 Å². The average Bonchev–Trinajstić information content (AvgIpc) is 2.70. The lowest BCUT2D eigenvalue weighted by atomic mass is 9.95. The van der Waals surface area contributed by atoms with E-state index >= 15 is 0 Å². The van der Waals surface area contributed by atoms with E-state index < -0.39 is 0 Å². The molecule has 1 amide bonds. The van der Waals surface area contributed by atoms with Gasteiger partial charge in [0.15, 0.2) is 0 Å². The zero-order valence-electron chi connectivity index (χ0n) is 15.7. The van der Waals surface area contributed by atoms with Crippen molar-refractivity contribution >= 4 is 23.2 Å². The van der Waals surface area contributed by atoms with Crippen molar-refractivity contribution in [3.05, 3.63) is 71.5 Å². The minimum Gasteiger partial charge on any atom is -0.489 e. The quantitative estimate of drug-likeness (QED) is 0.670. The molecule has 6 heteroatoms. The van der Waals surface area contributed by atoms with Gasteiger partial charge in [-0.3, -0.25) is 9.69 Å². The number of amides is 1. The minimum atomic E-state index is -0.286. The summed E-state index contributed by atoms with van der Waals surface area (Å²) in [7, 11) is 0. The molecule has 0 unspecified atom stereocenters. The number of nitrogens with one attached hydrogen (secondary N) is 1. The van der Waals surface area contributed by atoms with Gasteiger partial charge in [0.1, 0.15) is 18.2 Å². The average molecular weight is 403 g/mol. The van der Waals surface area contributed by atoms with Crippen LogP contribution in [0.5, 0.6) is 5.75 Å². The van der Waals surface area contributed by atoms with Gasteiger partial charge in [-0.05, 0) is 50.2 Å². The number of carbonyl (C=O) groups excluding carboxylic acids is 1. The number of anilines is 1. The molecule has 0 saturated carbocycles. The second kappa shape index (κ2) is 9.71. The summed E-state index contributed by atoms with van der Waals surface area (Å²) in [4.78, 5) is 14.7. The van der Waals surface area contributed by atoms with Crippen LogP contribution in [-0.2, 0) is 11.3 Å². The molecule has 1 N–H and O–H groups in total. The van der Waals surface area contributed by atoms with Crippen LogP contribution in [0.4, 0.5) is 10.1 Å². The number of carbonyl (C=O) groups is 1. The Kier molecular flexibility index (Phi) is 7.06. The highest BCUT2D eigenvalue weighted by atomic mass is 35.5. The molecule has 0 aliphatic carbocycles. The Bertz CT molecular complexity index is 815. The van der Waals surface area contributed by atoms with Crippen molar-refractivity contribution in [2.24, 2.45) is 5.92 Å². The lowest BCUT2D eigenvalue weighted by Gasteiger charge is -2.31. The second-order valence-corrected chi connectivity index (χ2v) is 7.27. The number of piperidine rings is 1. The molecule has 3 rings (SSSR count). The summed E-state index contributed by atoms with van der Waals surface area (Å²) in [6, 6.07) is 12.1. The summed E-state index contributed by atoms with van der Waals surface area (Å²) in [5, 5.41) is 3.41. The smallest absolute Gasteiger partial charge is 0.227 e. The topological polar surface area (TPSA) is 41.6 Å². The maximum atomic E-state index is 14.0. The summed E-state index contributed by atoms with van der Waals surface area (Å²) in [5.74, 6) is 0.342. The number of hydrogen-bond acceptors (Lipinski definition) is 3. The highest BCUT2D eigenvalue weighted by Crippen LogP contribution is 2.25. The molecular weight excluding hydrogens is 379 g/mol. The Labute approximate surface area is 169 Å². The predicted octanol–water partition coefficient (Wildman–Crippen LogP) is 4.89. The van der Waals surface area contributed by atoms with Crippen molar-refractivity contribution in [3.8, 4) is 5.75 Å². The molecule has 28 heavy (non-hydrogen) atoms. The van der Waals surface area contributed by atoms with Gasteiger partial charge in [0.25, 0.3) is 0 Å². The number of hydrogen-bond donors (Lipinski definition) is 1. The first-order chi connectivity index (χ1) is 13.6. The van der Waals surface area contributed by atoms with Crippen LogP contribution in [0.3, 0.4) is 0 Å². The van der Waals surface area contributed by atoms with E-state index in [4.69, 9.17) is 16.3 Å². The number of likely N-dealkylation sites (tertiary alicyclic amines) is 1. The van der Waals surface area contributed by atoms with Crippen LogP contribution in [0.2, 0.25) is 5.02 Å². The Morgan fingerprint density at radius 1 is 1.29 bits per heavy atom. The van der Waals surface area contributed by atoms with E-state index in [0.29, 0.717) is 35.2 Å². The van der Waals surface area contributed by atoms with E-state index in [1.165, 1.54) is 6.07 Å². The minimum absolute atomic E-state index is 0.00412. The largest absolute Gasteiger partial charge is 0.489 e. The first-order valence-corrected chi connectivity index (χ1v) is 9.74. The third-order valence-electron chi connectivity index (χ3n) is 4.87. The Morgan fingerprint density at radius 2 is 2.04 bits per heavy atom. The van der Waals surface area contributed by atoms with Crippen LogP contribution in [0, 0.1) is 11.7 Å². The van der Waals surface area contributed by atoms with Gasteiger partial charge >= 0.3 is 0 Å². The van der Waals surface area contributed by atoms with Gasteiger partial charge in [-0.2, -0.15) is 0 Å². The third-order valence-corrected chi connectivity index (χ3v) is 5.23. The van der Waals surface area contributed by atoms with Crippen LogP contribution in [0.25, 0.3) is 0 Å². The van der Waals surface area contributed by atoms with Gasteiger partial charge in [-0.15, -0.1) is 0 Å². The molecule has 1 aliphatic rings. The molecular formula is C22H24ClFN2O2. The molecule has 0 spiro atoms. The molecule has 0 bridgehead atoms. The van der Waals surface area contributed by atoms with E-state index in [1.807, 2.05) is 18.2 Å². The molecule has 0 aromatic heterocycles. The molecule has 0 atom stereocenters. The van der Waals surface area contributed by atoms with E-state index in [2.05, 4.69) is 16.8 Å². The van der Waals surface area contributed by atoms with Crippen molar-refractivity contribution in [1.29, 1.82) is 0 Å². The predicted molar refractivity (Wildman–Crippen MR) is 110 cm³/mol. The number of rotatable bonds is 7. The Balaban J connectivity index is 1.52. The highest BCUT2D eigenvalue weighted by Gasteiger charge is 2.26. The molecule has 1 fully saturated rings. The van der Waals surface area contributed by atoms with Gasteiger partial charge < -0.3 is 10.1 Å². The van der Waals surface area contributed by atoms with E-state index in [0.717, 1.165) is 25.9 Å². The van der Waals surface area contributed by atoms with E-state index in [9.17, 15) is 9.18 Å². The van der Waals surface area contributed by atoms with Crippen LogP contribution in [0.15, 0.2) is 55.1 Å². The van der Waals surface area contributed by atoms with Gasteiger partial charge in [0.05, 0.1) is 0 Å². The first-order valence-electron chi connectivity index (χ1n) is 9.36. The fourth-order valence-electron chi connectivity index (χ4n) is 3.32.